The standard InChI is InChI=1S/C66H51N3/c1-65(2)59-27-14-11-24-53(59)55-38-35-51(42-61(55)65)68(52-36-39-56-54-25-12-15-28-60(54)66(3,4)62(56)43-52)48-33-30-44(31-34-48)45-32-37-58-57-26-13-16-29-63(57)69(64(58)40-45)50-23-17-22-49(41-50)67(46-18-7-5-8-19-46)47-20-9-6-10-21-47/h5-43H,1-4H3. The van der Waals surface area contributed by atoms with Crippen molar-refractivity contribution in [2.75, 3.05) is 9.80 Å². The van der Waals surface area contributed by atoms with Gasteiger partial charge in [-0.3, -0.25) is 0 Å². The van der Waals surface area contributed by atoms with Gasteiger partial charge in [-0.2, -0.15) is 0 Å². The van der Waals surface area contributed by atoms with Gasteiger partial charge in [0.15, 0.2) is 0 Å². The van der Waals surface area contributed by atoms with Gasteiger partial charge in [0.05, 0.1) is 11.0 Å². The molecular weight excluding hydrogens is 835 g/mol. The van der Waals surface area contributed by atoms with E-state index in [0.29, 0.717) is 0 Å². The Labute approximate surface area is 404 Å². The third-order valence-corrected chi connectivity index (χ3v) is 15.2. The lowest BCUT2D eigenvalue weighted by Crippen LogP contribution is -2.18. The fourth-order valence-corrected chi connectivity index (χ4v) is 11.7. The van der Waals surface area contributed by atoms with Gasteiger partial charge in [-0.05, 0) is 147 Å². The Kier molecular flexibility index (Phi) is 9.22. The average molecular weight is 886 g/mol. The molecule has 0 atom stereocenters. The molecule has 11 aromatic rings. The van der Waals surface area contributed by atoms with Gasteiger partial charge < -0.3 is 14.4 Å². The van der Waals surface area contributed by atoms with Crippen molar-refractivity contribution in [2.24, 2.45) is 0 Å². The predicted octanol–water partition coefficient (Wildman–Crippen LogP) is 18.0. The summed E-state index contributed by atoms with van der Waals surface area (Å²) in [6.45, 7) is 9.47. The molecule has 1 heterocycles. The average Bonchev–Trinajstić information content (AvgIpc) is 3.94. The van der Waals surface area contributed by atoms with Crippen LogP contribution in [0.5, 0.6) is 0 Å². The van der Waals surface area contributed by atoms with Gasteiger partial charge in [-0.15, -0.1) is 0 Å². The van der Waals surface area contributed by atoms with Crippen LogP contribution in [0, 0.1) is 0 Å². The fraction of sp³-hybridized carbons (Fsp3) is 0.0909. The van der Waals surface area contributed by atoms with Crippen LogP contribution in [0.3, 0.4) is 0 Å². The van der Waals surface area contributed by atoms with Crippen LogP contribution in [0.25, 0.3) is 60.9 Å². The second kappa shape index (κ2) is 15.6. The summed E-state index contributed by atoms with van der Waals surface area (Å²) >= 11 is 0. The summed E-state index contributed by atoms with van der Waals surface area (Å²) in [6.07, 6.45) is 0. The molecule has 0 bridgehead atoms. The van der Waals surface area contributed by atoms with Gasteiger partial charge in [0, 0.05) is 61.4 Å². The maximum absolute atomic E-state index is 2.46. The van der Waals surface area contributed by atoms with Crippen molar-refractivity contribution in [1.29, 1.82) is 0 Å². The first-order valence-electron chi connectivity index (χ1n) is 24.2. The number of aromatic nitrogens is 1. The molecule has 3 heteroatoms. The van der Waals surface area contributed by atoms with Gasteiger partial charge in [0.1, 0.15) is 0 Å². The van der Waals surface area contributed by atoms with E-state index in [-0.39, 0.29) is 10.8 Å². The molecule has 2 aliphatic rings. The minimum Gasteiger partial charge on any atom is -0.310 e. The minimum atomic E-state index is -0.120. The third kappa shape index (κ3) is 6.41. The van der Waals surface area contributed by atoms with E-state index in [2.05, 4.69) is 279 Å². The van der Waals surface area contributed by atoms with Crippen molar-refractivity contribution in [3.05, 3.63) is 259 Å². The normalized spacial score (nSPS) is 13.7. The van der Waals surface area contributed by atoms with Crippen molar-refractivity contribution in [3.8, 4) is 39.1 Å². The first kappa shape index (κ1) is 40.8. The SMILES string of the molecule is CC1(C)c2ccccc2-c2ccc(N(c3ccc(-c4ccc5c6ccccc6n(-c6cccc(N(c7ccccc7)c7ccccc7)c6)c5c4)cc3)c3ccc4c(c3)C(C)(C)c3ccccc3-4)cc21. The van der Waals surface area contributed by atoms with Crippen LogP contribution < -0.4 is 9.80 Å². The molecule has 0 saturated carbocycles. The molecule has 0 fully saturated rings. The molecule has 0 saturated heterocycles. The Morgan fingerprint density at radius 2 is 0.725 bits per heavy atom. The van der Waals surface area contributed by atoms with E-state index in [0.717, 1.165) is 39.8 Å². The smallest absolute Gasteiger partial charge is 0.0547 e. The van der Waals surface area contributed by atoms with Crippen LogP contribution in [0.4, 0.5) is 34.1 Å². The first-order valence-corrected chi connectivity index (χ1v) is 24.2. The number of benzene rings is 10. The van der Waals surface area contributed by atoms with Crippen molar-refractivity contribution in [2.45, 2.75) is 38.5 Å². The molecule has 0 radical (unpaired) electrons. The monoisotopic (exact) mass is 885 g/mol. The lowest BCUT2D eigenvalue weighted by atomic mass is 9.82. The molecule has 13 rings (SSSR count). The summed E-state index contributed by atoms with van der Waals surface area (Å²) < 4.78 is 2.43. The fourth-order valence-electron chi connectivity index (χ4n) is 11.7. The lowest BCUT2D eigenvalue weighted by molar-refractivity contribution is 0.660. The van der Waals surface area contributed by atoms with Crippen LogP contribution in [0.2, 0.25) is 0 Å². The number of hydrogen-bond donors (Lipinski definition) is 0. The molecule has 10 aromatic carbocycles. The van der Waals surface area contributed by atoms with Gasteiger partial charge in [-0.1, -0.05) is 173 Å². The van der Waals surface area contributed by atoms with E-state index in [1.165, 1.54) is 77.4 Å². The van der Waals surface area contributed by atoms with Crippen LogP contribution in [-0.2, 0) is 10.8 Å². The summed E-state index contributed by atoms with van der Waals surface area (Å²) in [5.41, 5.74) is 23.1. The number of anilines is 6. The Bertz CT molecular complexity index is 3640. The van der Waals surface area contributed by atoms with Crippen LogP contribution in [-0.4, -0.2) is 4.57 Å². The van der Waals surface area contributed by atoms with Crippen molar-refractivity contribution in [1.82, 2.24) is 4.57 Å². The second-order valence-corrected chi connectivity index (χ2v) is 19.8. The molecule has 2 aliphatic carbocycles. The lowest BCUT2D eigenvalue weighted by Gasteiger charge is -2.30. The van der Waals surface area contributed by atoms with Crippen molar-refractivity contribution < 1.29 is 0 Å². The van der Waals surface area contributed by atoms with Gasteiger partial charge in [-0.25, -0.2) is 0 Å². The largest absolute Gasteiger partial charge is 0.310 e. The predicted molar refractivity (Wildman–Crippen MR) is 291 cm³/mol. The van der Waals surface area contributed by atoms with E-state index in [1.807, 2.05) is 0 Å². The van der Waals surface area contributed by atoms with Gasteiger partial charge in [0.2, 0.25) is 0 Å². The van der Waals surface area contributed by atoms with Crippen LogP contribution >= 0.6 is 0 Å². The van der Waals surface area contributed by atoms with E-state index in [4.69, 9.17) is 0 Å². The Morgan fingerprint density at radius 3 is 1.33 bits per heavy atom. The zero-order valence-corrected chi connectivity index (χ0v) is 39.4. The topological polar surface area (TPSA) is 11.4 Å². The second-order valence-electron chi connectivity index (χ2n) is 19.8. The van der Waals surface area contributed by atoms with Gasteiger partial charge >= 0.3 is 0 Å². The molecule has 1 aromatic heterocycles. The summed E-state index contributed by atoms with van der Waals surface area (Å²) in [5, 5.41) is 2.47. The number of para-hydroxylation sites is 3. The zero-order valence-electron chi connectivity index (χ0n) is 39.4. The minimum absolute atomic E-state index is 0.120. The molecule has 69 heavy (non-hydrogen) atoms. The van der Waals surface area contributed by atoms with E-state index in [9.17, 15) is 0 Å². The molecule has 0 unspecified atom stereocenters. The molecular formula is C66H51N3. The van der Waals surface area contributed by atoms with E-state index >= 15 is 0 Å². The number of fused-ring (bicyclic) bond motifs is 9. The third-order valence-electron chi connectivity index (χ3n) is 15.2. The quantitative estimate of drug-likeness (QED) is 0.151. The summed E-state index contributed by atoms with van der Waals surface area (Å²) in [6, 6.07) is 87.2. The molecule has 0 aliphatic heterocycles. The first-order chi connectivity index (χ1) is 33.7. The van der Waals surface area contributed by atoms with Crippen LogP contribution in [0.1, 0.15) is 49.9 Å². The highest BCUT2D eigenvalue weighted by atomic mass is 15.1. The summed E-state index contributed by atoms with van der Waals surface area (Å²) in [5.74, 6) is 0. The molecule has 330 valence electrons. The molecule has 0 N–H and O–H groups in total. The highest BCUT2D eigenvalue weighted by Crippen LogP contribution is 2.53. The maximum Gasteiger partial charge on any atom is 0.0547 e. The van der Waals surface area contributed by atoms with E-state index in [1.54, 1.807) is 0 Å². The highest BCUT2D eigenvalue weighted by Gasteiger charge is 2.38. The zero-order chi connectivity index (χ0) is 46.4. The number of rotatable bonds is 8. The molecule has 3 nitrogen and oxygen atoms in total. The van der Waals surface area contributed by atoms with Gasteiger partial charge in [0.25, 0.3) is 0 Å². The molecule has 0 amide bonds. The Hall–Kier alpha value is -8.40. The summed E-state index contributed by atoms with van der Waals surface area (Å²) in [4.78, 5) is 4.80. The Morgan fingerprint density at radius 1 is 0.290 bits per heavy atom. The van der Waals surface area contributed by atoms with E-state index < -0.39 is 0 Å². The van der Waals surface area contributed by atoms with Crippen molar-refractivity contribution >= 4 is 55.9 Å². The van der Waals surface area contributed by atoms with Crippen molar-refractivity contribution in [3.63, 3.8) is 0 Å². The highest BCUT2D eigenvalue weighted by molar-refractivity contribution is 6.10. The molecule has 0 spiro atoms. The van der Waals surface area contributed by atoms with Crippen LogP contribution in [0.15, 0.2) is 237 Å². The Balaban J connectivity index is 0.925. The number of hydrogen-bond acceptors (Lipinski definition) is 2. The maximum atomic E-state index is 2.46. The number of nitrogens with zero attached hydrogens (tertiary/aromatic N) is 3. The summed E-state index contributed by atoms with van der Waals surface area (Å²) in [7, 11) is 0.